The van der Waals surface area contributed by atoms with Gasteiger partial charge < -0.3 is 14.5 Å². The molecule has 2 aromatic heterocycles. The van der Waals surface area contributed by atoms with E-state index >= 15 is 0 Å². The fourth-order valence-electron chi connectivity index (χ4n) is 4.16. The maximum absolute atomic E-state index is 13.2. The van der Waals surface area contributed by atoms with Gasteiger partial charge in [0.05, 0.1) is 24.1 Å². The third-order valence-electron chi connectivity index (χ3n) is 5.66. The molecule has 1 amide bonds. The maximum atomic E-state index is 13.2. The summed E-state index contributed by atoms with van der Waals surface area (Å²) in [6, 6.07) is 7.87. The number of ether oxygens (including phenoxy) is 1. The average Bonchev–Trinajstić information content (AvgIpc) is 3.14. The molecule has 8 nitrogen and oxygen atoms in total. The molecule has 4 heterocycles. The number of fused-ring (bicyclic) bond motifs is 2. The summed E-state index contributed by atoms with van der Waals surface area (Å²) in [6.45, 7) is 3.46. The summed E-state index contributed by atoms with van der Waals surface area (Å²) in [7, 11) is 1.88. The molecule has 144 valence electrons. The van der Waals surface area contributed by atoms with Gasteiger partial charge in [-0.1, -0.05) is 18.2 Å². The van der Waals surface area contributed by atoms with Crippen LogP contribution in [0.1, 0.15) is 17.9 Å². The highest BCUT2D eigenvalue weighted by atomic mass is 16.5. The lowest BCUT2D eigenvalue weighted by atomic mass is 9.91. The normalized spacial score (nSPS) is 19.4. The van der Waals surface area contributed by atoms with Crippen molar-refractivity contribution in [1.82, 2.24) is 24.6 Å². The van der Waals surface area contributed by atoms with Crippen LogP contribution in [0.4, 0.5) is 5.82 Å². The highest BCUT2D eigenvalue weighted by Gasteiger charge is 2.32. The Morgan fingerprint density at radius 3 is 2.82 bits per heavy atom. The first-order chi connectivity index (χ1) is 13.7. The number of carbonyl (C=O) groups excluding carboxylic acids is 1. The van der Waals surface area contributed by atoms with Crippen LogP contribution in [0.15, 0.2) is 36.8 Å². The zero-order chi connectivity index (χ0) is 19.1. The molecule has 0 aliphatic carbocycles. The van der Waals surface area contributed by atoms with E-state index < -0.39 is 0 Å². The van der Waals surface area contributed by atoms with Gasteiger partial charge in [-0.25, -0.2) is 9.97 Å². The van der Waals surface area contributed by atoms with Crippen molar-refractivity contribution < 1.29 is 9.53 Å². The minimum Gasteiger partial charge on any atom is -0.493 e. The Bertz CT molecular complexity index is 1020. The van der Waals surface area contributed by atoms with Gasteiger partial charge >= 0.3 is 0 Å². The molecular weight excluding hydrogens is 356 g/mol. The van der Waals surface area contributed by atoms with Gasteiger partial charge in [0, 0.05) is 38.8 Å². The van der Waals surface area contributed by atoms with Crippen molar-refractivity contribution in [3.05, 3.63) is 42.4 Å². The minimum atomic E-state index is -0.111. The van der Waals surface area contributed by atoms with Crippen molar-refractivity contribution in [2.24, 2.45) is 7.05 Å². The van der Waals surface area contributed by atoms with E-state index in [1.54, 1.807) is 17.2 Å². The van der Waals surface area contributed by atoms with Crippen LogP contribution in [-0.4, -0.2) is 63.3 Å². The summed E-state index contributed by atoms with van der Waals surface area (Å²) >= 11 is 0. The number of hydrogen-bond acceptors (Lipinski definition) is 6. The number of amides is 1. The highest BCUT2D eigenvalue weighted by Crippen LogP contribution is 2.35. The van der Waals surface area contributed by atoms with E-state index in [2.05, 4.69) is 20.0 Å². The molecule has 0 saturated carbocycles. The Morgan fingerprint density at radius 2 is 1.96 bits per heavy atom. The van der Waals surface area contributed by atoms with Crippen LogP contribution in [0.25, 0.3) is 11.0 Å². The number of para-hydroxylation sites is 1. The number of aromatic nitrogens is 4. The number of nitrogens with zero attached hydrogens (tertiary/aromatic N) is 6. The molecule has 0 spiro atoms. The minimum absolute atomic E-state index is 0.111. The summed E-state index contributed by atoms with van der Waals surface area (Å²) in [4.78, 5) is 26.2. The van der Waals surface area contributed by atoms with Crippen LogP contribution in [0, 0.1) is 0 Å². The molecule has 1 aromatic carbocycles. The number of rotatable bonds is 2. The van der Waals surface area contributed by atoms with Gasteiger partial charge in [0.15, 0.2) is 5.65 Å². The Morgan fingerprint density at radius 1 is 1.14 bits per heavy atom. The Labute approximate surface area is 162 Å². The number of anilines is 1. The smallest absolute Gasteiger partial charge is 0.230 e. The molecule has 28 heavy (non-hydrogen) atoms. The summed E-state index contributed by atoms with van der Waals surface area (Å²) in [5, 5.41) is 5.24. The molecule has 0 N–H and O–H groups in total. The van der Waals surface area contributed by atoms with Crippen LogP contribution in [0.5, 0.6) is 5.75 Å². The highest BCUT2D eigenvalue weighted by molar-refractivity contribution is 5.87. The van der Waals surface area contributed by atoms with Gasteiger partial charge in [0.25, 0.3) is 0 Å². The van der Waals surface area contributed by atoms with Crippen molar-refractivity contribution in [3.8, 4) is 5.75 Å². The van der Waals surface area contributed by atoms with E-state index in [1.165, 1.54) is 0 Å². The molecule has 2 aliphatic heterocycles. The molecule has 1 atom stereocenters. The van der Waals surface area contributed by atoms with E-state index in [0.717, 1.165) is 47.7 Å². The summed E-state index contributed by atoms with van der Waals surface area (Å²) in [6.07, 6.45) is 4.12. The van der Waals surface area contributed by atoms with Crippen LogP contribution in [0.3, 0.4) is 0 Å². The molecule has 0 bridgehead atoms. The molecule has 1 unspecified atom stereocenters. The number of piperazine rings is 1. The zero-order valence-electron chi connectivity index (χ0n) is 15.8. The summed E-state index contributed by atoms with van der Waals surface area (Å²) in [5.74, 6) is 1.82. The molecule has 8 heteroatoms. The summed E-state index contributed by atoms with van der Waals surface area (Å²) in [5.41, 5.74) is 1.83. The number of hydrogen-bond donors (Lipinski definition) is 0. The van der Waals surface area contributed by atoms with Crippen LogP contribution in [0.2, 0.25) is 0 Å². The monoisotopic (exact) mass is 378 g/mol. The van der Waals surface area contributed by atoms with Gasteiger partial charge in [-0.15, -0.1) is 0 Å². The second-order valence-electron chi connectivity index (χ2n) is 7.24. The fourth-order valence-corrected chi connectivity index (χ4v) is 4.16. The van der Waals surface area contributed by atoms with E-state index in [0.29, 0.717) is 19.7 Å². The molecule has 1 fully saturated rings. The Kier molecular flexibility index (Phi) is 4.11. The van der Waals surface area contributed by atoms with Crippen molar-refractivity contribution in [1.29, 1.82) is 0 Å². The van der Waals surface area contributed by atoms with Crippen LogP contribution in [-0.2, 0) is 11.8 Å². The lowest BCUT2D eigenvalue weighted by Gasteiger charge is -2.38. The Balaban J connectivity index is 1.32. The van der Waals surface area contributed by atoms with Crippen molar-refractivity contribution in [2.75, 3.05) is 37.7 Å². The largest absolute Gasteiger partial charge is 0.493 e. The molecule has 3 aromatic rings. The SMILES string of the molecule is Cn1ncc2c(N3CCN(C(=O)C4CCOc5ccccc54)CC3)ncnc21. The maximum Gasteiger partial charge on any atom is 0.230 e. The third kappa shape index (κ3) is 2.76. The second-order valence-corrected chi connectivity index (χ2v) is 7.24. The number of benzene rings is 1. The van der Waals surface area contributed by atoms with Gasteiger partial charge in [0.1, 0.15) is 17.9 Å². The van der Waals surface area contributed by atoms with Crippen molar-refractivity contribution in [3.63, 3.8) is 0 Å². The summed E-state index contributed by atoms with van der Waals surface area (Å²) < 4.78 is 7.46. The third-order valence-corrected chi connectivity index (χ3v) is 5.66. The predicted molar refractivity (Wildman–Crippen MR) is 104 cm³/mol. The lowest BCUT2D eigenvalue weighted by molar-refractivity contribution is -0.133. The van der Waals surface area contributed by atoms with Crippen LogP contribution >= 0.6 is 0 Å². The second kappa shape index (κ2) is 6.78. The van der Waals surface area contributed by atoms with Crippen LogP contribution < -0.4 is 9.64 Å². The van der Waals surface area contributed by atoms with E-state index in [9.17, 15) is 4.79 Å². The standard InChI is InChI=1S/C20H22N6O2/c1-24-18-16(12-23-24)19(22-13-21-18)25-7-9-26(10-8-25)20(27)15-6-11-28-17-5-3-2-4-14(15)17/h2-5,12-13,15H,6-11H2,1H3. The number of aryl methyl sites for hydroxylation is 1. The van der Waals surface area contributed by atoms with Gasteiger partial charge in [-0.3, -0.25) is 9.48 Å². The van der Waals surface area contributed by atoms with E-state index in [1.807, 2.05) is 36.2 Å². The Hall–Kier alpha value is -3.16. The van der Waals surface area contributed by atoms with Gasteiger partial charge in [0.2, 0.25) is 5.91 Å². The quantitative estimate of drug-likeness (QED) is 0.674. The van der Waals surface area contributed by atoms with Gasteiger partial charge in [-0.05, 0) is 12.5 Å². The van der Waals surface area contributed by atoms with E-state index in [4.69, 9.17) is 4.74 Å². The van der Waals surface area contributed by atoms with E-state index in [-0.39, 0.29) is 11.8 Å². The molecule has 5 rings (SSSR count). The molecule has 0 radical (unpaired) electrons. The van der Waals surface area contributed by atoms with Crippen molar-refractivity contribution in [2.45, 2.75) is 12.3 Å². The van der Waals surface area contributed by atoms with Crippen molar-refractivity contribution >= 4 is 22.8 Å². The zero-order valence-corrected chi connectivity index (χ0v) is 15.8. The first-order valence-electron chi connectivity index (χ1n) is 9.60. The lowest BCUT2D eigenvalue weighted by Crippen LogP contribution is -2.50. The average molecular weight is 378 g/mol. The van der Waals surface area contributed by atoms with Gasteiger partial charge in [-0.2, -0.15) is 5.10 Å². The first kappa shape index (κ1) is 17.0. The molecular formula is C20H22N6O2. The molecule has 1 saturated heterocycles. The predicted octanol–water partition coefficient (Wildman–Crippen LogP) is 1.58. The topological polar surface area (TPSA) is 76.4 Å². The number of carbonyl (C=O) groups is 1. The first-order valence-corrected chi connectivity index (χ1v) is 9.60. The molecule has 2 aliphatic rings. The fraction of sp³-hybridized carbons (Fsp3) is 0.400.